The van der Waals surface area contributed by atoms with Crippen molar-refractivity contribution in [3.05, 3.63) is 59.0 Å². The zero-order valence-corrected chi connectivity index (χ0v) is 13.0. The molecule has 0 amide bonds. The minimum Gasteiger partial charge on any atom is -0.508 e. The zero-order valence-electron chi connectivity index (χ0n) is 13.0. The number of phenolic OH excluding ortho intramolecular Hbond substituents is 2. The average Bonchev–Trinajstić information content (AvgIpc) is 3.09. The van der Waals surface area contributed by atoms with Crippen molar-refractivity contribution >= 4 is 22.8 Å². The minimum atomic E-state index is -0.400. The van der Waals surface area contributed by atoms with Gasteiger partial charge in [-0.05, 0) is 18.1 Å². The van der Waals surface area contributed by atoms with Gasteiger partial charge in [0, 0.05) is 34.8 Å². The van der Waals surface area contributed by atoms with Crippen molar-refractivity contribution in [3.63, 3.8) is 0 Å². The summed E-state index contributed by atoms with van der Waals surface area (Å²) in [5.74, 6) is -0.555. The van der Waals surface area contributed by atoms with E-state index in [0.29, 0.717) is 0 Å². The Labute approximate surface area is 137 Å². The molecule has 0 saturated carbocycles. The number of aromatic amines is 1. The van der Waals surface area contributed by atoms with Crippen LogP contribution in [0.2, 0.25) is 0 Å². The number of fused-ring (bicyclic) bond motifs is 2. The number of H-pyrrole nitrogens is 1. The average molecular weight is 321 g/mol. The quantitative estimate of drug-likeness (QED) is 0.628. The molecule has 1 aliphatic rings. The fraction of sp³-hybridized carbons (Fsp3) is 0.105. The number of ketones is 1. The maximum Gasteiger partial charge on any atom is 0.235 e. The molecule has 120 valence electrons. The van der Waals surface area contributed by atoms with Gasteiger partial charge in [-0.15, -0.1) is 0 Å². The number of allylic oxidation sites excluding steroid dienone is 1. The van der Waals surface area contributed by atoms with Gasteiger partial charge >= 0.3 is 0 Å². The van der Waals surface area contributed by atoms with Gasteiger partial charge in [-0.3, -0.25) is 4.79 Å². The molecule has 24 heavy (non-hydrogen) atoms. The molecule has 3 N–H and O–H groups in total. The van der Waals surface area contributed by atoms with E-state index in [9.17, 15) is 15.0 Å². The van der Waals surface area contributed by atoms with E-state index in [4.69, 9.17) is 4.74 Å². The summed E-state index contributed by atoms with van der Waals surface area (Å²) in [6.07, 6.45) is 4.38. The van der Waals surface area contributed by atoms with Gasteiger partial charge in [0.15, 0.2) is 5.76 Å². The summed E-state index contributed by atoms with van der Waals surface area (Å²) in [5, 5.41) is 20.4. The van der Waals surface area contributed by atoms with Crippen LogP contribution in [-0.4, -0.2) is 21.0 Å². The molecule has 0 saturated heterocycles. The Morgan fingerprint density at radius 3 is 2.88 bits per heavy atom. The van der Waals surface area contributed by atoms with Crippen LogP contribution in [0.25, 0.3) is 17.0 Å². The monoisotopic (exact) mass is 321 g/mol. The lowest BCUT2D eigenvalue weighted by atomic mass is 10.1. The van der Waals surface area contributed by atoms with Gasteiger partial charge in [-0.25, -0.2) is 0 Å². The third-order valence-corrected chi connectivity index (χ3v) is 4.24. The number of carbonyl (C=O) groups excluding carboxylic acids is 1. The molecule has 0 atom stereocenters. The molecule has 1 aromatic heterocycles. The molecule has 5 nitrogen and oxygen atoms in total. The van der Waals surface area contributed by atoms with Crippen LogP contribution in [0.4, 0.5) is 0 Å². The Balaban J connectivity index is 1.81. The number of benzene rings is 2. The highest BCUT2D eigenvalue weighted by Crippen LogP contribution is 2.40. The minimum absolute atomic E-state index is 0.0770. The van der Waals surface area contributed by atoms with E-state index in [1.807, 2.05) is 18.3 Å². The Bertz CT molecular complexity index is 1010. The van der Waals surface area contributed by atoms with E-state index >= 15 is 0 Å². The molecule has 0 spiro atoms. The molecule has 0 aliphatic carbocycles. The number of hydrogen-bond acceptors (Lipinski definition) is 4. The maximum atomic E-state index is 12.5. The number of nitrogens with one attached hydrogen (secondary N) is 1. The van der Waals surface area contributed by atoms with Crippen LogP contribution >= 0.6 is 0 Å². The van der Waals surface area contributed by atoms with Crippen LogP contribution in [0.15, 0.2) is 42.3 Å². The normalized spacial score (nSPS) is 15.0. The number of ether oxygens (including phenoxy) is 1. The number of aryl methyl sites for hydroxylation is 1. The molecule has 2 aromatic carbocycles. The van der Waals surface area contributed by atoms with Crippen molar-refractivity contribution in [2.24, 2.45) is 0 Å². The first-order valence-corrected chi connectivity index (χ1v) is 7.67. The number of hydrogen-bond donors (Lipinski definition) is 3. The highest BCUT2D eigenvalue weighted by atomic mass is 16.5. The van der Waals surface area contributed by atoms with Gasteiger partial charge in [0.2, 0.25) is 5.78 Å². The molecule has 3 aromatic rings. The van der Waals surface area contributed by atoms with Gasteiger partial charge in [0.1, 0.15) is 22.8 Å². The molecule has 0 fully saturated rings. The Morgan fingerprint density at radius 2 is 2.08 bits per heavy atom. The maximum absolute atomic E-state index is 12.5. The molecule has 2 heterocycles. The number of rotatable bonds is 2. The van der Waals surface area contributed by atoms with Gasteiger partial charge in [-0.1, -0.05) is 25.1 Å². The fourth-order valence-electron chi connectivity index (χ4n) is 3.07. The number of phenols is 2. The predicted molar refractivity (Wildman–Crippen MR) is 90.4 cm³/mol. The summed E-state index contributed by atoms with van der Waals surface area (Å²) in [7, 11) is 0. The lowest BCUT2D eigenvalue weighted by Gasteiger charge is -2.00. The van der Waals surface area contributed by atoms with Crippen LogP contribution in [0, 0.1) is 0 Å². The second kappa shape index (κ2) is 5.16. The first kappa shape index (κ1) is 14.4. The van der Waals surface area contributed by atoms with Crippen LogP contribution < -0.4 is 4.74 Å². The van der Waals surface area contributed by atoms with E-state index < -0.39 is 5.78 Å². The Hall–Kier alpha value is -3.21. The summed E-state index contributed by atoms with van der Waals surface area (Å²) in [6, 6.07) is 8.46. The highest BCUT2D eigenvalue weighted by Gasteiger charge is 2.31. The van der Waals surface area contributed by atoms with E-state index in [0.717, 1.165) is 29.0 Å². The van der Waals surface area contributed by atoms with Crippen LogP contribution in [-0.2, 0) is 6.42 Å². The van der Waals surface area contributed by atoms with E-state index in [2.05, 4.69) is 18.0 Å². The Kier molecular flexibility index (Phi) is 3.09. The molecule has 5 heteroatoms. The number of aromatic nitrogens is 1. The molecule has 0 radical (unpaired) electrons. The first-order valence-electron chi connectivity index (χ1n) is 7.67. The number of aromatic hydroxyl groups is 2. The van der Waals surface area contributed by atoms with Crippen LogP contribution in [0.3, 0.4) is 0 Å². The predicted octanol–water partition coefficient (Wildman–Crippen LogP) is 3.76. The SMILES string of the molecule is CCc1cccc2c(/C=C3/Oc4cc(O)cc(O)c4C3=O)c[nH]c12. The summed E-state index contributed by atoms with van der Waals surface area (Å²) >= 11 is 0. The van der Waals surface area contributed by atoms with Gasteiger partial charge in [-0.2, -0.15) is 0 Å². The van der Waals surface area contributed by atoms with E-state index in [-0.39, 0.29) is 28.6 Å². The zero-order chi connectivity index (χ0) is 16.8. The van der Waals surface area contributed by atoms with Gasteiger partial charge in [0.25, 0.3) is 0 Å². The van der Waals surface area contributed by atoms with Crippen molar-refractivity contribution in [2.45, 2.75) is 13.3 Å². The van der Waals surface area contributed by atoms with Gasteiger partial charge in [0.05, 0.1) is 0 Å². The summed E-state index contributed by atoms with van der Waals surface area (Å²) < 4.78 is 5.54. The van der Waals surface area contributed by atoms with Gasteiger partial charge < -0.3 is 19.9 Å². The second-order valence-electron chi connectivity index (χ2n) is 5.72. The number of Topliss-reactive ketones (excluding diaryl/α,β-unsaturated/α-hetero) is 1. The number of carbonyl (C=O) groups is 1. The molecular weight excluding hydrogens is 306 g/mol. The lowest BCUT2D eigenvalue weighted by Crippen LogP contribution is -1.98. The summed E-state index contributed by atoms with van der Waals surface area (Å²) in [5.41, 5.74) is 3.14. The van der Waals surface area contributed by atoms with Crippen molar-refractivity contribution in [2.75, 3.05) is 0 Å². The molecular formula is C19H15NO4. The Morgan fingerprint density at radius 1 is 1.25 bits per heavy atom. The molecule has 4 rings (SSSR count). The summed E-state index contributed by atoms with van der Waals surface area (Å²) in [6.45, 7) is 2.09. The molecule has 0 bridgehead atoms. The molecule has 0 unspecified atom stereocenters. The fourth-order valence-corrected chi connectivity index (χ4v) is 3.07. The summed E-state index contributed by atoms with van der Waals surface area (Å²) in [4.78, 5) is 15.7. The third-order valence-electron chi connectivity index (χ3n) is 4.24. The number of para-hydroxylation sites is 1. The molecule has 1 aliphatic heterocycles. The largest absolute Gasteiger partial charge is 0.508 e. The first-order chi connectivity index (χ1) is 11.6. The lowest BCUT2D eigenvalue weighted by molar-refractivity contribution is 0.101. The van der Waals surface area contributed by atoms with Crippen molar-refractivity contribution < 1.29 is 19.7 Å². The van der Waals surface area contributed by atoms with E-state index in [1.54, 1.807) is 6.08 Å². The third kappa shape index (κ3) is 2.06. The van der Waals surface area contributed by atoms with Crippen LogP contribution in [0.5, 0.6) is 17.2 Å². The van der Waals surface area contributed by atoms with Crippen LogP contribution in [0.1, 0.15) is 28.4 Å². The standard InChI is InChI=1S/C19H15NO4/c1-2-10-4-3-5-13-11(9-20-18(10)13)6-16-19(23)17-14(22)7-12(21)8-15(17)24-16/h3-9,20-22H,2H2,1H3/b16-6+. The van der Waals surface area contributed by atoms with Crippen molar-refractivity contribution in [1.82, 2.24) is 4.98 Å². The van der Waals surface area contributed by atoms with Crippen molar-refractivity contribution in [3.8, 4) is 17.2 Å². The van der Waals surface area contributed by atoms with Crippen molar-refractivity contribution in [1.29, 1.82) is 0 Å². The second-order valence-corrected chi connectivity index (χ2v) is 5.72. The highest BCUT2D eigenvalue weighted by molar-refractivity contribution is 6.16. The topological polar surface area (TPSA) is 82.5 Å². The van der Waals surface area contributed by atoms with E-state index in [1.165, 1.54) is 11.6 Å². The smallest absolute Gasteiger partial charge is 0.235 e.